The van der Waals surface area contributed by atoms with Crippen LogP contribution in [-0.2, 0) is 14.3 Å². The first-order chi connectivity index (χ1) is 14.8. The fraction of sp³-hybridized carbons (Fsp3) is 0.609. The molecule has 1 saturated heterocycles. The lowest BCUT2D eigenvalue weighted by Gasteiger charge is -2.36. The van der Waals surface area contributed by atoms with Gasteiger partial charge in [-0.15, -0.1) is 0 Å². The number of ether oxygens (including phenoxy) is 3. The third kappa shape index (κ3) is 5.17. The van der Waals surface area contributed by atoms with Crippen LogP contribution in [0.2, 0.25) is 0 Å². The lowest BCUT2D eigenvalue weighted by molar-refractivity contribution is -0.146. The van der Waals surface area contributed by atoms with Crippen molar-refractivity contribution in [2.75, 3.05) is 40.9 Å². The number of para-hydroxylation sites is 1. The summed E-state index contributed by atoms with van der Waals surface area (Å²) in [6.07, 6.45) is 1.90. The molecule has 2 aliphatic heterocycles. The number of hydrogen-bond acceptors (Lipinski definition) is 6. The van der Waals surface area contributed by atoms with E-state index in [-0.39, 0.29) is 60.5 Å². The van der Waals surface area contributed by atoms with Gasteiger partial charge in [0.15, 0.2) is 0 Å². The van der Waals surface area contributed by atoms with Gasteiger partial charge < -0.3 is 24.0 Å². The molecule has 4 atom stereocenters. The number of methoxy groups -OCH3 is 1. The first-order valence-corrected chi connectivity index (χ1v) is 10.7. The summed E-state index contributed by atoms with van der Waals surface area (Å²) in [6, 6.07) is 7.04. The number of benzene rings is 1. The van der Waals surface area contributed by atoms with E-state index >= 15 is 0 Å². The molecule has 8 heteroatoms. The molecule has 8 nitrogen and oxygen atoms in total. The Hall–Kier alpha value is -2.63. The van der Waals surface area contributed by atoms with E-state index in [1.807, 2.05) is 6.92 Å². The Morgan fingerprint density at radius 1 is 1.16 bits per heavy atom. The Morgan fingerprint density at radius 3 is 2.65 bits per heavy atom. The summed E-state index contributed by atoms with van der Waals surface area (Å²) < 4.78 is 17.9. The second-order valence-corrected chi connectivity index (χ2v) is 8.39. The molecule has 1 aromatic carbocycles. The normalized spacial score (nSPS) is 28.1. The van der Waals surface area contributed by atoms with Gasteiger partial charge in [-0.25, -0.2) is 0 Å². The van der Waals surface area contributed by atoms with Crippen LogP contribution in [0, 0.1) is 17.2 Å². The molecule has 31 heavy (non-hydrogen) atoms. The fourth-order valence-corrected chi connectivity index (χ4v) is 4.28. The van der Waals surface area contributed by atoms with Crippen molar-refractivity contribution < 1.29 is 23.8 Å². The van der Waals surface area contributed by atoms with Gasteiger partial charge in [0.25, 0.3) is 5.91 Å². The van der Waals surface area contributed by atoms with Crippen LogP contribution in [0.25, 0.3) is 0 Å². The topological polar surface area (TPSA) is 92.1 Å². The van der Waals surface area contributed by atoms with Gasteiger partial charge in [-0.2, -0.15) is 5.26 Å². The van der Waals surface area contributed by atoms with Crippen LogP contribution >= 0.6 is 0 Å². The maximum absolute atomic E-state index is 13.2. The van der Waals surface area contributed by atoms with E-state index in [4.69, 9.17) is 14.2 Å². The predicted octanol–water partition coefficient (Wildman–Crippen LogP) is 2.07. The highest BCUT2D eigenvalue weighted by Gasteiger charge is 2.33. The molecule has 0 N–H and O–H groups in total. The summed E-state index contributed by atoms with van der Waals surface area (Å²) in [5.74, 6) is -0.423. The van der Waals surface area contributed by atoms with E-state index in [0.29, 0.717) is 12.1 Å². The average Bonchev–Trinajstić information content (AvgIpc) is 2.79. The lowest BCUT2D eigenvalue weighted by atomic mass is 9.99. The highest BCUT2D eigenvalue weighted by Crippen LogP contribution is 2.29. The summed E-state index contributed by atoms with van der Waals surface area (Å²) in [5, 5.41) is 9.57. The standard InChI is InChI=1S/C23H31N3O5/c1-15-13-26(3)23(28)18-7-5-6-16(12-24)21(18)30-14-20-19(29-4)9-8-17(31-20)10-11-25(2)22(15)27/h5-7,15,17,19-20H,8-11,13-14H2,1-4H3/t15-,17+,19+,20-/m1/s1. The quantitative estimate of drug-likeness (QED) is 0.679. The molecular formula is C23H31N3O5. The van der Waals surface area contributed by atoms with Crippen molar-refractivity contribution in [3.63, 3.8) is 0 Å². The smallest absolute Gasteiger partial charge is 0.257 e. The molecule has 1 fully saturated rings. The number of amides is 2. The molecule has 1 aromatic rings. The number of carbonyl (C=O) groups is 2. The van der Waals surface area contributed by atoms with Crippen LogP contribution in [0.1, 0.15) is 42.1 Å². The molecular weight excluding hydrogens is 398 g/mol. The van der Waals surface area contributed by atoms with E-state index in [1.165, 1.54) is 4.90 Å². The molecule has 0 spiro atoms. The fourth-order valence-electron chi connectivity index (χ4n) is 4.28. The van der Waals surface area contributed by atoms with E-state index in [1.54, 1.807) is 44.3 Å². The third-order valence-corrected chi connectivity index (χ3v) is 6.09. The number of nitrogens with zero attached hydrogens (tertiary/aromatic N) is 3. The molecule has 3 rings (SSSR count). The first-order valence-electron chi connectivity index (χ1n) is 10.7. The summed E-state index contributed by atoms with van der Waals surface area (Å²) in [7, 11) is 5.09. The van der Waals surface area contributed by atoms with Gasteiger partial charge in [-0.3, -0.25) is 9.59 Å². The molecule has 2 bridgehead atoms. The molecule has 2 aliphatic rings. The molecule has 0 aromatic heterocycles. The van der Waals surface area contributed by atoms with E-state index in [0.717, 1.165) is 19.3 Å². The van der Waals surface area contributed by atoms with Crippen molar-refractivity contribution in [3.05, 3.63) is 29.3 Å². The van der Waals surface area contributed by atoms with Crippen molar-refractivity contribution in [2.45, 2.75) is 44.5 Å². The molecule has 0 radical (unpaired) electrons. The lowest BCUT2D eigenvalue weighted by Crippen LogP contribution is -2.45. The first kappa shape index (κ1) is 23.0. The molecule has 0 saturated carbocycles. The highest BCUT2D eigenvalue weighted by atomic mass is 16.6. The molecule has 2 heterocycles. The minimum absolute atomic E-state index is 0.00864. The van der Waals surface area contributed by atoms with Crippen molar-refractivity contribution in [2.24, 2.45) is 5.92 Å². The summed E-state index contributed by atoms with van der Waals surface area (Å²) >= 11 is 0. The number of fused-ring (bicyclic) bond motifs is 3. The SMILES string of the molecule is CO[C@H]1CC[C@H]2CCN(C)C(=O)[C@H](C)CN(C)C(=O)c3cccc(C#N)c3OC[C@H]1O2. The van der Waals surface area contributed by atoms with Gasteiger partial charge in [0.2, 0.25) is 5.91 Å². The van der Waals surface area contributed by atoms with Gasteiger partial charge >= 0.3 is 0 Å². The van der Waals surface area contributed by atoms with Crippen LogP contribution in [0.3, 0.4) is 0 Å². The monoisotopic (exact) mass is 429 g/mol. The predicted molar refractivity (Wildman–Crippen MR) is 114 cm³/mol. The summed E-state index contributed by atoms with van der Waals surface area (Å²) in [5.41, 5.74) is 0.583. The summed E-state index contributed by atoms with van der Waals surface area (Å²) in [6.45, 7) is 2.84. The van der Waals surface area contributed by atoms with Crippen molar-refractivity contribution in [3.8, 4) is 11.8 Å². The van der Waals surface area contributed by atoms with Gasteiger partial charge in [-0.1, -0.05) is 13.0 Å². The van der Waals surface area contributed by atoms with Crippen molar-refractivity contribution >= 4 is 11.8 Å². The van der Waals surface area contributed by atoms with Crippen LogP contribution in [0.5, 0.6) is 5.75 Å². The van der Waals surface area contributed by atoms with Crippen LogP contribution < -0.4 is 4.74 Å². The van der Waals surface area contributed by atoms with E-state index in [9.17, 15) is 14.9 Å². The van der Waals surface area contributed by atoms with Gasteiger partial charge in [0.05, 0.1) is 29.3 Å². The number of rotatable bonds is 1. The second kappa shape index (κ2) is 10.1. The van der Waals surface area contributed by atoms with E-state index in [2.05, 4.69) is 6.07 Å². The second-order valence-electron chi connectivity index (χ2n) is 8.39. The molecule has 0 unspecified atom stereocenters. The zero-order chi connectivity index (χ0) is 22.5. The van der Waals surface area contributed by atoms with Crippen molar-refractivity contribution in [1.82, 2.24) is 9.80 Å². The largest absolute Gasteiger partial charge is 0.489 e. The molecule has 2 amide bonds. The summed E-state index contributed by atoms with van der Waals surface area (Å²) in [4.78, 5) is 29.2. The average molecular weight is 430 g/mol. The minimum Gasteiger partial charge on any atom is -0.489 e. The molecule has 0 aliphatic carbocycles. The zero-order valence-corrected chi connectivity index (χ0v) is 18.7. The van der Waals surface area contributed by atoms with Crippen LogP contribution in [0.4, 0.5) is 0 Å². The Labute approximate surface area is 183 Å². The maximum atomic E-state index is 13.2. The maximum Gasteiger partial charge on any atom is 0.257 e. The minimum atomic E-state index is -0.356. The zero-order valence-electron chi connectivity index (χ0n) is 18.7. The Morgan fingerprint density at radius 2 is 1.94 bits per heavy atom. The van der Waals surface area contributed by atoms with Gasteiger partial charge in [-0.05, 0) is 31.4 Å². The molecule has 168 valence electrons. The van der Waals surface area contributed by atoms with Crippen molar-refractivity contribution in [1.29, 1.82) is 5.26 Å². The Balaban J connectivity index is 1.96. The van der Waals surface area contributed by atoms with Gasteiger partial charge in [0, 0.05) is 34.3 Å². The van der Waals surface area contributed by atoms with Crippen LogP contribution in [0.15, 0.2) is 18.2 Å². The third-order valence-electron chi connectivity index (χ3n) is 6.09. The number of hydrogen-bond donors (Lipinski definition) is 0. The van der Waals surface area contributed by atoms with Gasteiger partial charge in [0.1, 0.15) is 24.5 Å². The van der Waals surface area contributed by atoms with Crippen LogP contribution in [-0.4, -0.2) is 80.8 Å². The Kier molecular flexibility index (Phi) is 7.52. The highest BCUT2D eigenvalue weighted by molar-refractivity contribution is 5.97. The van der Waals surface area contributed by atoms with E-state index < -0.39 is 0 Å². The number of nitriles is 1. The Bertz CT molecular complexity index is 852. The number of carbonyl (C=O) groups excluding carboxylic acids is 2.